The van der Waals surface area contributed by atoms with E-state index in [1.165, 1.54) is 12.3 Å². The third kappa shape index (κ3) is 5.55. The van der Waals surface area contributed by atoms with E-state index in [1.807, 2.05) is 0 Å². The molecule has 0 aliphatic rings. The third-order valence-corrected chi connectivity index (χ3v) is 5.14. The number of amides is 1. The zero-order valence-corrected chi connectivity index (χ0v) is 16.4. The normalized spacial score (nSPS) is 12.2. The molecular weight excluding hydrogens is 378 g/mol. The molecule has 26 heavy (non-hydrogen) atoms. The fourth-order valence-corrected chi connectivity index (χ4v) is 3.77. The van der Waals surface area contributed by atoms with Crippen LogP contribution in [-0.4, -0.2) is 38.2 Å². The van der Waals surface area contributed by atoms with Crippen LogP contribution in [0.5, 0.6) is 0 Å². The zero-order chi connectivity index (χ0) is 19.4. The Morgan fingerprint density at radius 1 is 1.19 bits per heavy atom. The summed E-state index contributed by atoms with van der Waals surface area (Å²) in [4.78, 5) is 15.6. The number of hydrogen-bond acceptors (Lipinski definition) is 5. The third-order valence-electron chi connectivity index (χ3n) is 3.32. The summed E-state index contributed by atoms with van der Waals surface area (Å²) in [5.74, 6) is 0. The van der Waals surface area contributed by atoms with Crippen LogP contribution < -0.4 is 10.0 Å². The lowest BCUT2D eigenvalue weighted by Crippen LogP contribution is -2.34. The molecule has 0 bridgehead atoms. The van der Waals surface area contributed by atoms with Gasteiger partial charge in [-0.15, -0.1) is 0 Å². The Balaban J connectivity index is 1.94. The summed E-state index contributed by atoms with van der Waals surface area (Å²) in [6.07, 6.45) is 1.36. The van der Waals surface area contributed by atoms with Gasteiger partial charge in [-0.25, -0.2) is 22.9 Å². The Morgan fingerprint density at radius 2 is 1.92 bits per heavy atom. The number of aromatic nitrogens is 1. The van der Waals surface area contributed by atoms with Gasteiger partial charge >= 0.3 is 6.09 Å². The number of halogens is 1. The minimum Gasteiger partial charge on any atom is -0.444 e. The van der Waals surface area contributed by atoms with Gasteiger partial charge in [-0.1, -0.05) is 23.7 Å². The van der Waals surface area contributed by atoms with Crippen molar-refractivity contribution < 1.29 is 17.9 Å². The SMILES string of the molecule is CC(C)(C)OC(=O)NCCCNS(=O)(=O)c1cccc2c(Cl)nccc12. The van der Waals surface area contributed by atoms with Crippen LogP contribution in [0.25, 0.3) is 10.8 Å². The zero-order valence-electron chi connectivity index (χ0n) is 14.9. The van der Waals surface area contributed by atoms with Gasteiger partial charge in [-0.2, -0.15) is 0 Å². The van der Waals surface area contributed by atoms with Gasteiger partial charge in [0.05, 0.1) is 4.90 Å². The van der Waals surface area contributed by atoms with Gasteiger partial charge in [0.2, 0.25) is 10.0 Å². The van der Waals surface area contributed by atoms with Gasteiger partial charge in [-0.05, 0) is 39.3 Å². The van der Waals surface area contributed by atoms with E-state index in [1.54, 1.807) is 39.0 Å². The monoisotopic (exact) mass is 399 g/mol. The molecule has 1 aromatic heterocycles. The van der Waals surface area contributed by atoms with E-state index < -0.39 is 21.7 Å². The molecule has 0 fully saturated rings. The molecule has 9 heteroatoms. The number of nitrogens with one attached hydrogen (secondary N) is 2. The number of rotatable bonds is 6. The molecule has 0 unspecified atom stereocenters. The predicted molar refractivity (Wildman–Crippen MR) is 101 cm³/mol. The van der Waals surface area contributed by atoms with Crippen LogP contribution in [0.15, 0.2) is 35.4 Å². The van der Waals surface area contributed by atoms with Crippen molar-refractivity contribution in [2.75, 3.05) is 13.1 Å². The predicted octanol–water partition coefficient (Wildman–Crippen LogP) is 3.08. The highest BCUT2D eigenvalue weighted by Crippen LogP contribution is 2.26. The standard InChI is InChI=1S/C17H22ClN3O4S/c1-17(2,3)25-16(22)20-9-5-10-21-26(23,24)14-7-4-6-13-12(14)8-11-19-15(13)18/h4,6-8,11,21H,5,9-10H2,1-3H3,(H,20,22). The van der Waals surface area contributed by atoms with Crippen LogP contribution in [0.3, 0.4) is 0 Å². The van der Waals surface area contributed by atoms with Crippen LogP contribution in [0.2, 0.25) is 5.15 Å². The molecule has 0 atom stereocenters. The van der Waals surface area contributed by atoms with Crippen LogP contribution in [0, 0.1) is 0 Å². The molecule has 0 saturated heterocycles. The maximum absolute atomic E-state index is 12.6. The lowest BCUT2D eigenvalue weighted by Gasteiger charge is -2.19. The summed E-state index contributed by atoms with van der Waals surface area (Å²) >= 11 is 6.02. The largest absolute Gasteiger partial charge is 0.444 e. The average Bonchev–Trinajstić information content (AvgIpc) is 2.52. The Kier molecular flexibility index (Phi) is 6.44. The molecule has 0 aliphatic heterocycles. The number of fused-ring (bicyclic) bond motifs is 1. The second-order valence-corrected chi connectivity index (χ2v) is 8.73. The molecule has 2 N–H and O–H groups in total. The smallest absolute Gasteiger partial charge is 0.407 e. The van der Waals surface area contributed by atoms with Gasteiger partial charge < -0.3 is 10.1 Å². The average molecular weight is 400 g/mol. The van der Waals surface area contributed by atoms with Gasteiger partial charge in [0.1, 0.15) is 10.8 Å². The fraction of sp³-hybridized carbons (Fsp3) is 0.412. The van der Waals surface area contributed by atoms with E-state index in [4.69, 9.17) is 16.3 Å². The lowest BCUT2D eigenvalue weighted by atomic mass is 10.2. The van der Waals surface area contributed by atoms with Crippen molar-refractivity contribution in [3.8, 4) is 0 Å². The second-order valence-electron chi connectivity index (χ2n) is 6.63. The number of sulfonamides is 1. The van der Waals surface area contributed by atoms with Crippen molar-refractivity contribution in [3.63, 3.8) is 0 Å². The van der Waals surface area contributed by atoms with Crippen molar-refractivity contribution >= 4 is 38.5 Å². The first-order valence-corrected chi connectivity index (χ1v) is 9.96. The summed E-state index contributed by atoms with van der Waals surface area (Å²) in [5.41, 5.74) is -0.573. The number of pyridine rings is 1. The van der Waals surface area contributed by atoms with Gasteiger partial charge in [0.15, 0.2) is 0 Å². The molecule has 7 nitrogen and oxygen atoms in total. The first-order valence-electron chi connectivity index (χ1n) is 8.10. The van der Waals surface area contributed by atoms with E-state index in [-0.39, 0.29) is 16.6 Å². The highest BCUT2D eigenvalue weighted by Gasteiger charge is 2.18. The molecule has 0 spiro atoms. The van der Waals surface area contributed by atoms with E-state index in [9.17, 15) is 13.2 Å². The van der Waals surface area contributed by atoms with Crippen molar-refractivity contribution in [2.24, 2.45) is 0 Å². The number of nitrogens with zero attached hydrogens (tertiary/aromatic N) is 1. The van der Waals surface area contributed by atoms with Gasteiger partial charge in [-0.3, -0.25) is 0 Å². The molecule has 1 heterocycles. The number of alkyl carbamates (subject to hydrolysis) is 1. The Morgan fingerprint density at radius 3 is 2.62 bits per heavy atom. The Labute approximate surface area is 158 Å². The number of carbonyl (C=O) groups excluding carboxylic acids is 1. The van der Waals surface area contributed by atoms with E-state index in [0.717, 1.165) is 0 Å². The minimum absolute atomic E-state index is 0.138. The lowest BCUT2D eigenvalue weighted by molar-refractivity contribution is 0.0527. The molecule has 2 aromatic rings. The number of hydrogen-bond donors (Lipinski definition) is 2. The molecule has 1 aromatic carbocycles. The second kappa shape index (κ2) is 8.20. The summed E-state index contributed by atoms with van der Waals surface area (Å²) < 4.78 is 32.7. The topological polar surface area (TPSA) is 97.4 Å². The van der Waals surface area contributed by atoms with Crippen LogP contribution in [-0.2, 0) is 14.8 Å². The summed E-state index contributed by atoms with van der Waals surface area (Å²) in [5, 5.41) is 3.91. The molecule has 2 rings (SSSR count). The quantitative estimate of drug-likeness (QED) is 0.574. The van der Waals surface area contributed by atoms with Gasteiger partial charge in [0, 0.05) is 30.1 Å². The Bertz CT molecular complexity index is 895. The fourth-order valence-electron chi connectivity index (χ4n) is 2.25. The number of carbonyl (C=O) groups is 1. The molecule has 142 valence electrons. The van der Waals surface area contributed by atoms with E-state index in [2.05, 4.69) is 15.0 Å². The van der Waals surface area contributed by atoms with Crippen molar-refractivity contribution in [2.45, 2.75) is 37.7 Å². The first-order chi connectivity index (χ1) is 12.1. The summed E-state index contributed by atoms with van der Waals surface area (Å²) in [7, 11) is -3.71. The molecule has 0 saturated carbocycles. The molecule has 0 aliphatic carbocycles. The Hall–Kier alpha value is -1.90. The highest BCUT2D eigenvalue weighted by atomic mass is 35.5. The molecule has 1 amide bonds. The first kappa shape index (κ1) is 20.4. The molecule has 0 radical (unpaired) electrons. The van der Waals surface area contributed by atoms with Crippen molar-refractivity contribution in [1.82, 2.24) is 15.0 Å². The maximum atomic E-state index is 12.6. The van der Waals surface area contributed by atoms with Crippen molar-refractivity contribution in [1.29, 1.82) is 0 Å². The number of ether oxygens (including phenoxy) is 1. The van der Waals surface area contributed by atoms with Gasteiger partial charge in [0.25, 0.3) is 0 Å². The van der Waals surface area contributed by atoms with Crippen LogP contribution in [0.4, 0.5) is 4.79 Å². The summed E-state index contributed by atoms with van der Waals surface area (Å²) in [6, 6.07) is 6.46. The van der Waals surface area contributed by atoms with E-state index in [0.29, 0.717) is 23.7 Å². The minimum atomic E-state index is -3.71. The van der Waals surface area contributed by atoms with Crippen LogP contribution in [0.1, 0.15) is 27.2 Å². The molecular formula is C17H22ClN3O4S. The van der Waals surface area contributed by atoms with Crippen LogP contribution >= 0.6 is 11.6 Å². The van der Waals surface area contributed by atoms with Crippen molar-refractivity contribution in [3.05, 3.63) is 35.6 Å². The van der Waals surface area contributed by atoms with E-state index >= 15 is 0 Å². The highest BCUT2D eigenvalue weighted by molar-refractivity contribution is 7.89. The maximum Gasteiger partial charge on any atom is 0.407 e. The summed E-state index contributed by atoms with van der Waals surface area (Å²) in [6.45, 7) is 5.78. The number of benzene rings is 1.